The number of hydrogen-bond acceptors (Lipinski definition) is 5. The number of alkyl halides is 3. The van der Waals surface area contributed by atoms with Gasteiger partial charge >= 0.3 is 12.1 Å². The molecular formula is C25H22ClF3N2O4. The van der Waals surface area contributed by atoms with Crippen molar-refractivity contribution in [2.24, 2.45) is 0 Å². The highest BCUT2D eigenvalue weighted by atomic mass is 35.5. The Balaban J connectivity index is 1.91. The number of aromatic carboxylic acids is 1. The summed E-state index contributed by atoms with van der Waals surface area (Å²) < 4.78 is 48.2. The molecule has 6 nitrogen and oxygen atoms in total. The molecule has 0 amide bonds. The number of carbonyl (C=O) groups is 1. The summed E-state index contributed by atoms with van der Waals surface area (Å²) in [7, 11) is 0. The lowest BCUT2D eigenvalue weighted by molar-refractivity contribution is -0.276. The van der Waals surface area contributed by atoms with Crippen LogP contribution in [-0.2, 0) is 12.2 Å². The number of halogens is 4. The van der Waals surface area contributed by atoms with Gasteiger partial charge in [0.2, 0.25) is 5.60 Å². The van der Waals surface area contributed by atoms with Crippen LogP contribution in [0, 0.1) is 6.92 Å². The highest BCUT2D eigenvalue weighted by Crippen LogP contribution is 2.48. The molecule has 1 aromatic heterocycles. The number of aliphatic hydroxyl groups is 1. The maximum Gasteiger partial charge on any atom is 0.423 e. The fourth-order valence-corrected chi connectivity index (χ4v) is 3.83. The summed E-state index contributed by atoms with van der Waals surface area (Å²) >= 11 is 6.12. The zero-order chi connectivity index (χ0) is 26.0. The van der Waals surface area contributed by atoms with Crippen LogP contribution in [0.3, 0.4) is 0 Å². The van der Waals surface area contributed by atoms with Crippen LogP contribution < -0.4 is 4.74 Å². The first-order chi connectivity index (χ1) is 16.4. The van der Waals surface area contributed by atoms with Crippen molar-refractivity contribution < 1.29 is 32.9 Å². The van der Waals surface area contributed by atoms with Crippen LogP contribution in [0.4, 0.5) is 13.2 Å². The minimum absolute atomic E-state index is 0.00431. The van der Waals surface area contributed by atoms with Crippen molar-refractivity contribution in [1.82, 2.24) is 9.97 Å². The number of rotatable bonds is 8. The maximum atomic E-state index is 14.1. The summed E-state index contributed by atoms with van der Waals surface area (Å²) in [5.41, 5.74) is -2.44. The zero-order valence-electron chi connectivity index (χ0n) is 18.8. The molecule has 0 spiro atoms. The molecule has 2 atom stereocenters. The molecule has 2 N–H and O–H groups in total. The largest absolute Gasteiger partial charge is 0.489 e. The van der Waals surface area contributed by atoms with E-state index in [0.29, 0.717) is 22.6 Å². The van der Waals surface area contributed by atoms with Crippen molar-refractivity contribution in [3.8, 4) is 5.75 Å². The van der Waals surface area contributed by atoms with E-state index in [0.717, 1.165) is 12.4 Å². The van der Waals surface area contributed by atoms with Gasteiger partial charge in [-0.05, 0) is 42.3 Å². The van der Waals surface area contributed by atoms with Gasteiger partial charge in [-0.1, -0.05) is 43.3 Å². The molecule has 0 saturated carbocycles. The molecule has 0 saturated heterocycles. The van der Waals surface area contributed by atoms with E-state index in [4.69, 9.17) is 21.4 Å². The smallest absolute Gasteiger partial charge is 0.423 e. The molecule has 0 aliphatic rings. The molecule has 0 bridgehead atoms. The second-order valence-corrected chi connectivity index (χ2v) is 8.33. The molecule has 0 fully saturated rings. The third kappa shape index (κ3) is 5.31. The van der Waals surface area contributed by atoms with Crippen LogP contribution in [0.1, 0.15) is 51.3 Å². The predicted octanol–water partition coefficient (Wildman–Crippen LogP) is 5.91. The third-order valence-corrected chi connectivity index (χ3v) is 6.02. The van der Waals surface area contributed by atoms with Crippen molar-refractivity contribution in [2.75, 3.05) is 0 Å². The Hall–Kier alpha value is -3.43. The maximum absolute atomic E-state index is 14.1. The SMILES string of the molecule is C=Cc1cc(OCc2ccc(C(=O)O)cc2Cl)ccc1[C@@H](C)[C@@](O)(c1cnc(C)cn1)C(F)(F)F. The van der Waals surface area contributed by atoms with Crippen LogP contribution in [0.2, 0.25) is 5.02 Å². The summed E-state index contributed by atoms with van der Waals surface area (Å²) in [6.07, 6.45) is -1.59. The quantitative estimate of drug-likeness (QED) is 0.394. The van der Waals surface area contributed by atoms with Gasteiger partial charge in [0.15, 0.2) is 0 Å². The molecule has 3 aromatic rings. The number of nitrogens with zero attached hydrogens (tertiary/aromatic N) is 2. The summed E-state index contributed by atoms with van der Waals surface area (Å²) in [6, 6.07) is 8.59. The molecule has 1 heterocycles. The minimum Gasteiger partial charge on any atom is -0.489 e. The number of carboxylic acids is 1. The second-order valence-electron chi connectivity index (χ2n) is 7.92. The molecule has 3 rings (SSSR count). The van der Waals surface area contributed by atoms with E-state index >= 15 is 0 Å². The minimum atomic E-state index is -5.04. The van der Waals surface area contributed by atoms with Gasteiger partial charge in [0.25, 0.3) is 0 Å². The average molecular weight is 507 g/mol. The normalized spacial score (nSPS) is 14.1. The Bertz CT molecular complexity index is 1250. The average Bonchev–Trinajstić information content (AvgIpc) is 2.81. The first-order valence-corrected chi connectivity index (χ1v) is 10.8. The highest BCUT2D eigenvalue weighted by Gasteiger charge is 2.60. The zero-order valence-corrected chi connectivity index (χ0v) is 19.6. The Kier molecular flexibility index (Phi) is 7.52. The Morgan fingerprint density at radius 1 is 1.20 bits per heavy atom. The number of hydrogen-bond donors (Lipinski definition) is 2. The van der Waals surface area contributed by atoms with Crippen molar-refractivity contribution in [2.45, 2.75) is 38.1 Å². The van der Waals surface area contributed by atoms with E-state index in [1.807, 2.05) is 0 Å². The van der Waals surface area contributed by atoms with Gasteiger partial charge in [0.05, 0.1) is 17.5 Å². The summed E-state index contributed by atoms with van der Waals surface area (Å²) in [5.74, 6) is -2.25. The molecular weight excluding hydrogens is 485 g/mol. The number of aromatic nitrogens is 2. The Morgan fingerprint density at radius 2 is 1.91 bits per heavy atom. The molecule has 0 unspecified atom stereocenters. The summed E-state index contributed by atoms with van der Waals surface area (Å²) in [6.45, 7) is 6.50. The molecule has 184 valence electrons. The molecule has 35 heavy (non-hydrogen) atoms. The van der Waals surface area contributed by atoms with Crippen LogP contribution in [0.25, 0.3) is 6.08 Å². The lowest BCUT2D eigenvalue weighted by Gasteiger charge is -2.36. The standard InChI is InChI=1S/C25H22ClF3N2O4/c1-4-16-9-19(35-13-18-6-5-17(23(32)33)10-21(18)26)7-8-20(16)15(3)24(34,25(27,28)29)22-12-30-14(2)11-31-22/h4-12,15,34H,1,13H2,2-3H3,(H,32,33)/t15-,24-/m1/s1. The van der Waals surface area contributed by atoms with E-state index in [-0.39, 0.29) is 22.8 Å². The fourth-order valence-electron chi connectivity index (χ4n) is 3.60. The van der Waals surface area contributed by atoms with Gasteiger partial charge in [-0.2, -0.15) is 13.2 Å². The van der Waals surface area contributed by atoms with Crippen LogP contribution in [0.5, 0.6) is 5.75 Å². The Labute approximate surface area is 204 Å². The van der Waals surface area contributed by atoms with Crippen LogP contribution in [-0.4, -0.2) is 32.3 Å². The number of aryl methyl sites for hydroxylation is 1. The van der Waals surface area contributed by atoms with Crippen molar-refractivity contribution in [3.63, 3.8) is 0 Å². The van der Waals surface area contributed by atoms with E-state index in [1.165, 1.54) is 49.4 Å². The highest BCUT2D eigenvalue weighted by molar-refractivity contribution is 6.31. The predicted molar refractivity (Wildman–Crippen MR) is 124 cm³/mol. The molecule has 2 aromatic carbocycles. The molecule has 0 aliphatic heterocycles. The van der Waals surface area contributed by atoms with Gasteiger partial charge in [0, 0.05) is 22.7 Å². The second kappa shape index (κ2) is 10.1. The van der Waals surface area contributed by atoms with Crippen molar-refractivity contribution >= 4 is 23.6 Å². The molecule has 0 aliphatic carbocycles. The molecule has 10 heteroatoms. The Morgan fingerprint density at radius 3 is 2.46 bits per heavy atom. The topological polar surface area (TPSA) is 92.5 Å². The lowest BCUT2D eigenvalue weighted by atomic mass is 9.78. The first kappa shape index (κ1) is 26.2. The fraction of sp³-hybridized carbons (Fsp3) is 0.240. The van der Waals surface area contributed by atoms with Gasteiger partial charge in [-0.3, -0.25) is 9.97 Å². The monoisotopic (exact) mass is 506 g/mol. The third-order valence-electron chi connectivity index (χ3n) is 5.67. The first-order valence-electron chi connectivity index (χ1n) is 10.4. The van der Waals surface area contributed by atoms with E-state index in [1.54, 1.807) is 6.92 Å². The van der Waals surface area contributed by atoms with Gasteiger partial charge in [-0.25, -0.2) is 4.79 Å². The lowest BCUT2D eigenvalue weighted by Crippen LogP contribution is -2.47. The van der Waals surface area contributed by atoms with Gasteiger partial charge < -0.3 is 14.9 Å². The summed E-state index contributed by atoms with van der Waals surface area (Å²) in [4.78, 5) is 18.7. The van der Waals surface area contributed by atoms with Gasteiger partial charge in [-0.15, -0.1) is 0 Å². The number of carboxylic acid groups (broad SMARTS) is 1. The number of ether oxygens (including phenoxy) is 1. The van der Waals surface area contributed by atoms with Gasteiger partial charge in [0.1, 0.15) is 18.1 Å². The van der Waals surface area contributed by atoms with Crippen molar-refractivity contribution in [1.29, 1.82) is 0 Å². The number of benzene rings is 2. The van der Waals surface area contributed by atoms with E-state index < -0.39 is 29.4 Å². The van der Waals surface area contributed by atoms with Crippen LogP contribution in [0.15, 0.2) is 55.4 Å². The van der Waals surface area contributed by atoms with Crippen molar-refractivity contribution in [3.05, 3.63) is 94.0 Å². The van der Waals surface area contributed by atoms with Crippen LogP contribution >= 0.6 is 11.6 Å². The van der Waals surface area contributed by atoms with E-state index in [9.17, 15) is 23.1 Å². The summed E-state index contributed by atoms with van der Waals surface area (Å²) in [5, 5.41) is 20.2. The van der Waals surface area contributed by atoms with E-state index in [2.05, 4.69) is 16.5 Å². The molecule has 0 radical (unpaired) electrons.